The van der Waals surface area contributed by atoms with Crippen molar-refractivity contribution >= 4 is 32.6 Å². The van der Waals surface area contributed by atoms with E-state index in [1.54, 1.807) is 0 Å². The molecule has 0 spiro atoms. The zero-order valence-corrected chi connectivity index (χ0v) is 22.1. The zero-order valence-electron chi connectivity index (χ0n) is 22.1. The molecule has 41 heavy (non-hydrogen) atoms. The second-order valence-electron chi connectivity index (χ2n) is 10.2. The maximum Gasteiger partial charge on any atom is 0.0717 e. The first-order valence-electron chi connectivity index (χ1n) is 13.7. The molecule has 4 heteroatoms. The van der Waals surface area contributed by atoms with Crippen molar-refractivity contribution in [1.82, 2.24) is 19.5 Å². The van der Waals surface area contributed by atoms with Crippen LogP contribution in [-0.2, 0) is 0 Å². The third-order valence-electron chi connectivity index (χ3n) is 7.79. The van der Waals surface area contributed by atoms with Crippen molar-refractivity contribution in [1.29, 1.82) is 0 Å². The van der Waals surface area contributed by atoms with Gasteiger partial charge in [0, 0.05) is 57.8 Å². The highest BCUT2D eigenvalue weighted by Crippen LogP contribution is 2.39. The van der Waals surface area contributed by atoms with Crippen molar-refractivity contribution in [2.24, 2.45) is 0 Å². The molecule has 192 valence electrons. The quantitative estimate of drug-likeness (QED) is 0.231. The molecular formula is C37H24N4. The third kappa shape index (κ3) is 3.97. The smallest absolute Gasteiger partial charge is 0.0717 e. The van der Waals surface area contributed by atoms with Gasteiger partial charge in [-0.05, 0) is 77.2 Å². The number of benzene rings is 4. The molecule has 4 nitrogen and oxygen atoms in total. The van der Waals surface area contributed by atoms with Crippen LogP contribution in [0.1, 0.15) is 0 Å². The van der Waals surface area contributed by atoms with Crippen LogP contribution in [0.4, 0.5) is 0 Å². The average Bonchev–Trinajstić information content (AvgIpc) is 3.40. The van der Waals surface area contributed by atoms with E-state index in [1.165, 1.54) is 32.6 Å². The van der Waals surface area contributed by atoms with E-state index in [0.717, 1.165) is 39.3 Å². The molecule has 0 aliphatic heterocycles. The van der Waals surface area contributed by atoms with Gasteiger partial charge in [0.15, 0.2) is 0 Å². The molecule has 0 saturated heterocycles. The van der Waals surface area contributed by atoms with Crippen LogP contribution in [0.25, 0.3) is 71.9 Å². The highest BCUT2D eigenvalue weighted by atomic mass is 15.0. The molecule has 4 aromatic heterocycles. The Labute approximate surface area is 237 Å². The summed E-state index contributed by atoms with van der Waals surface area (Å²) in [7, 11) is 0. The lowest BCUT2D eigenvalue weighted by Crippen LogP contribution is -1.94. The van der Waals surface area contributed by atoms with Crippen LogP contribution in [-0.4, -0.2) is 19.5 Å². The summed E-state index contributed by atoms with van der Waals surface area (Å²) in [6.45, 7) is 0. The van der Waals surface area contributed by atoms with Gasteiger partial charge in [0.05, 0.1) is 22.4 Å². The predicted octanol–water partition coefficient (Wildman–Crippen LogP) is 9.12. The van der Waals surface area contributed by atoms with Crippen molar-refractivity contribution in [3.63, 3.8) is 0 Å². The molecule has 0 radical (unpaired) electrons. The summed E-state index contributed by atoms with van der Waals surface area (Å²) in [4.78, 5) is 13.5. The third-order valence-corrected chi connectivity index (χ3v) is 7.79. The number of fused-ring (bicyclic) bond motifs is 5. The van der Waals surface area contributed by atoms with Crippen molar-refractivity contribution in [3.05, 3.63) is 146 Å². The summed E-state index contributed by atoms with van der Waals surface area (Å²) in [5.41, 5.74) is 9.79. The van der Waals surface area contributed by atoms with Crippen molar-refractivity contribution in [2.45, 2.75) is 0 Å². The van der Waals surface area contributed by atoms with E-state index >= 15 is 0 Å². The number of nitrogens with zero attached hydrogens (tertiary/aromatic N) is 4. The monoisotopic (exact) mass is 524 g/mol. The molecule has 0 bridgehead atoms. The van der Waals surface area contributed by atoms with Crippen LogP contribution in [0.15, 0.2) is 146 Å². The molecular weight excluding hydrogens is 500 g/mol. The summed E-state index contributed by atoms with van der Waals surface area (Å²) in [5.74, 6) is 0. The molecule has 0 N–H and O–H groups in total. The van der Waals surface area contributed by atoms with Crippen molar-refractivity contribution in [2.75, 3.05) is 0 Å². The first kappa shape index (κ1) is 23.3. The van der Waals surface area contributed by atoms with Gasteiger partial charge in [-0.15, -0.1) is 0 Å². The Morgan fingerprint density at radius 2 is 1.22 bits per heavy atom. The number of aromatic nitrogens is 4. The van der Waals surface area contributed by atoms with E-state index in [4.69, 9.17) is 4.98 Å². The summed E-state index contributed by atoms with van der Waals surface area (Å²) < 4.78 is 2.39. The molecule has 4 heterocycles. The van der Waals surface area contributed by atoms with Crippen molar-refractivity contribution < 1.29 is 0 Å². The number of hydrogen-bond acceptors (Lipinski definition) is 3. The Hall–Kier alpha value is -5.61. The summed E-state index contributed by atoms with van der Waals surface area (Å²) in [5, 5.41) is 4.88. The van der Waals surface area contributed by atoms with E-state index in [0.29, 0.717) is 0 Å². The van der Waals surface area contributed by atoms with Gasteiger partial charge in [0.2, 0.25) is 0 Å². The molecule has 0 aliphatic rings. The van der Waals surface area contributed by atoms with Crippen LogP contribution in [0, 0.1) is 0 Å². The van der Waals surface area contributed by atoms with Gasteiger partial charge >= 0.3 is 0 Å². The molecule has 8 rings (SSSR count). The van der Waals surface area contributed by atoms with Crippen LogP contribution in [0.2, 0.25) is 0 Å². The predicted molar refractivity (Wildman–Crippen MR) is 168 cm³/mol. The van der Waals surface area contributed by atoms with E-state index in [2.05, 4.69) is 118 Å². The van der Waals surface area contributed by atoms with E-state index in [9.17, 15) is 0 Å². The molecule has 0 unspecified atom stereocenters. The molecule has 0 amide bonds. The van der Waals surface area contributed by atoms with Gasteiger partial charge < -0.3 is 4.57 Å². The number of rotatable bonds is 4. The number of hydrogen-bond donors (Lipinski definition) is 0. The highest BCUT2D eigenvalue weighted by molar-refractivity contribution is 6.19. The Balaban J connectivity index is 1.34. The lowest BCUT2D eigenvalue weighted by molar-refractivity contribution is 1.19. The van der Waals surface area contributed by atoms with E-state index in [1.807, 2.05) is 43.0 Å². The molecule has 4 aromatic carbocycles. The van der Waals surface area contributed by atoms with Crippen LogP contribution < -0.4 is 0 Å². The normalized spacial score (nSPS) is 11.4. The fraction of sp³-hybridized carbons (Fsp3) is 0. The minimum absolute atomic E-state index is 0.921. The maximum atomic E-state index is 4.82. The molecule has 0 atom stereocenters. The fourth-order valence-corrected chi connectivity index (χ4v) is 5.81. The van der Waals surface area contributed by atoms with Gasteiger partial charge in [0.25, 0.3) is 0 Å². The summed E-state index contributed by atoms with van der Waals surface area (Å²) >= 11 is 0. The van der Waals surface area contributed by atoms with Crippen LogP contribution >= 0.6 is 0 Å². The Bertz CT molecular complexity index is 2170. The molecule has 0 saturated carbocycles. The first-order valence-corrected chi connectivity index (χ1v) is 13.7. The SMILES string of the molecule is c1ccc(-n2c3cc(-c4ccc(-c5ccccn5)cn4)ccc3c3ccc4cc(-c5ccncc5)ccc4c32)cc1. The summed E-state index contributed by atoms with van der Waals surface area (Å²) in [6, 6.07) is 42.7. The largest absolute Gasteiger partial charge is 0.309 e. The summed E-state index contributed by atoms with van der Waals surface area (Å²) in [6.07, 6.45) is 7.40. The minimum atomic E-state index is 0.921. The maximum absolute atomic E-state index is 4.82. The standard InChI is InChI=1S/C37H24N4/c1-2-6-30(7-3-1)41-36-23-28(35-16-12-29(24-40-35)34-8-4-5-19-39-34)11-14-32(36)33-15-10-27-22-26(9-13-31(27)37(33)41)25-17-20-38-21-18-25/h1-24H. The first-order chi connectivity index (χ1) is 20.3. The van der Waals surface area contributed by atoms with Gasteiger partial charge in [0.1, 0.15) is 0 Å². The second kappa shape index (κ2) is 9.54. The molecule has 0 aliphatic carbocycles. The Kier molecular flexibility index (Phi) is 5.42. The Morgan fingerprint density at radius 3 is 2.02 bits per heavy atom. The topological polar surface area (TPSA) is 43.6 Å². The highest BCUT2D eigenvalue weighted by Gasteiger charge is 2.16. The molecule has 8 aromatic rings. The van der Waals surface area contributed by atoms with Gasteiger partial charge in [-0.1, -0.05) is 60.7 Å². The lowest BCUT2D eigenvalue weighted by atomic mass is 10.00. The number of para-hydroxylation sites is 1. The minimum Gasteiger partial charge on any atom is -0.309 e. The van der Waals surface area contributed by atoms with Gasteiger partial charge in [-0.2, -0.15) is 0 Å². The van der Waals surface area contributed by atoms with Crippen LogP contribution in [0.3, 0.4) is 0 Å². The van der Waals surface area contributed by atoms with E-state index < -0.39 is 0 Å². The zero-order chi connectivity index (χ0) is 27.2. The number of pyridine rings is 3. The van der Waals surface area contributed by atoms with Gasteiger partial charge in [-0.25, -0.2) is 0 Å². The Morgan fingerprint density at radius 1 is 0.463 bits per heavy atom. The van der Waals surface area contributed by atoms with Gasteiger partial charge in [-0.3, -0.25) is 15.0 Å². The second-order valence-corrected chi connectivity index (χ2v) is 10.2. The average molecular weight is 525 g/mol. The van der Waals surface area contributed by atoms with Crippen molar-refractivity contribution in [3.8, 4) is 39.3 Å². The fourth-order valence-electron chi connectivity index (χ4n) is 5.81. The van der Waals surface area contributed by atoms with E-state index in [-0.39, 0.29) is 0 Å². The van der Waals surface area contributed by atoms with Crippen LogP contribution in [0.5, 0.6) is 0 Å². The lowest BCUT2D eigenvalue weighted by Gasteiger charge is -2.11. The molecule has 0 fully saturated rings.